The zero-order valence-corrected chi connectivity index (χ0v) is 21.9. The van der Waals surface area contributed by atoms with E-state index in [-0.39, 0.29) is 12.2 Å². The number of rotatable bonds is 17. The Morgan fingerprint density at radius 2 is 0.889 bits per heavy atom. The van der Waals surface area contributed by atoms with E-state index < -0.39 is 11.9 Å². The molecule has 6 heteroatoms. The SMILES string of the molecule is CCCCCCCCCCCCCCCCCC(=O)[O-].O=C([O-])CS.[CH3][SnH+2]. The predicted octanol–water partition coefficient (Wildman–Crippen LogP) is 3.60. The van der Waals surface area contributed by atoms with Crippen LogP contribution in [0.3, 0.4) is 0 Å². The van der Waals surface area contributed by atoms with Crippen LogP contribution in [-0.4, -0.2) is 40.2 Å². The summed E-state index contributed by atoms with van der Waals surface area (Å²) in [5.41, 5.74) is 0. The molecule has 0 aliphatic heterocycles. The summed E-state index contributed by atoms with van der Waals surface area (Å²) >= 11 is 4.70. The first-order chi connectivity index (χ1) is 13.0. The number of hydrogen-bond acceptors (Lipinski definition) is 5. The second-order valence-corrected chi connectivity index (χ2v) is 6.92. The summed E-state index contributed by atoms with van der Waals surface area (Å²) in [4.78, 5) is 21.5. The molecule has 0 saturated heterocycles. The molecule has 0 heterocycles. The van der Waals surface area contributed by atoms with Gasteiger partial charge in [-0.25, -0.2) is 0 Å². The van der Waals surface area contributed by atoms with Crippen LogP contribution < -0.4 is 10.2 Å². The predicted molar refractivity (Wildman–Crippen MR) is 116 cm³/mol. The molecule has 160 valence electrons. The standard InChI is InChI=1S/C18H36O2.C2H4O2S.CH3.Sn.H/c1-2-3-4-5-6-7-8-9-10-11-12-13-14-15-16-17-18(19)20;3-2(4)1-5;;;/h2-17H2,1H3,(H,19,20);5H,1H2,(H,3,4);1H3;;/q;;;+2;/p-2. The van der Waals surface area contributed by atoms with Crippen LogP contribution in [0.15, 0.2) is 0 Å². The Morgan fingerprint density at radius 1 is 0.630 bits per heavy atom. The molecule has 0 saturated carbocycles. The van der Waals surface area contributed by atoms with Crippen LogP contribution in [0.4, 0.5) is 0 Å². The van der Waals surface area contributed by atoms with Gasteiger partial charge in [0.1, 0.15) is 0 Å². The van der Waals surface area contributed by atoms with Gasteiger partial charge in [0.15, 0.2) is 0 Å². The number of aliphatic carboxylic acids is 2. The average Bonchev–Trinajstić information content (AvgIpc) is 2.66. The number of carboxylic acids is 2. The van der Waals surface area contributed by atoms with Crippen molar-refractivity contribution in [3.63, 3.8) is 0 Å². The summed E-state index contributed by atoms with van der Waals surface area (Å²) in [7, 11) is 0. The van der Waals surface area contributed by atoms with E-state index >= 15 is 0 Å². The molecule has 0 fully saturated rings. The molecule has 0 aromatic carbocycles. The van der Waals surface area contributed by atoms with Crippen LogP contribution >= 0.6 is 12.6 Å². The maximum absolute atomic E-state index is 10.2. The van der Waals surface area contributed by atoms with Crippen LogP contribution in [0.2, 0.25) is 4.94 Å². The van der Waals surface area contributed by atoms with E-state index in [4.69, 9.17) is 0 Å². The summed E-state index contributed by atoms with van der Waals surface area (Å²) in [6, 6.07) is 0. The Kier molecular flexibility index (Phi) is 36.3. The quantitative estimate of drug-likeness (QED) is 0.185. The molecule has 0 atom stereocenters. The molecule has 0 rings (SSSR count). The number of hydrogen-bond donors (Lipinski definition) is 1. The summed E-state index contributed by atoms with van der Waals surface area (Å²) < 4.78 is 0. The Hall–Kier alpha value is 0.0887. The van der Waals surface area contributed by atoms with Gasteiger partial charge in [-0.2, -0.15) is 12.6 Å². The molecular weight excluding hydrogens is 467 g/mol. The van der Waals surface area contributed by atoms with Crippen molar-refractivity contribution in [2.45, 2.75) is 115 Å². The average molecular weight is 509 g/mol. The van der Waals surface area contributed by atoms with E-state index in [1.54, 1.807) is 0 Å². The van der Waals surface area contributed by atoms with Crippen molar-refractivity contribution < 1.29 is 19.8 Å². The molecule has 0 aliphatic rings. The Balaban J connectivity index is -0.000000705. The van der Waals surface area contributed by atoms with Gasteiger partial charge in [-0.05, 0) is 12.8 Å². The van der Waals surface area contributed by atoms with Crippen molar-refractivity contribution in [2.75, 3.05) is 5.75 Å². The third-order valence-corrected chi connectivity index (χ3v) is 4.37. The van der Waals surface area contributed by atoms with Crippen LogP contribution in [0, 0.1) is 0 Å². The number of unbranched alkanes of at least 4 members (excludes halogenated alkanes) is 14. The summed E-state index contributed by atoms with van der Waals surface area (Å²) in [6.07, 6.45) is 19.9. The molecule has 0 amide bonds. The van der Waals surface area contributed by atoms with Gasteiger partial charge in [-0.15, -0.1) is 0 Å². The molecule has 0 aliphatic carbocycles. The van der Waals surface area contributed by atoms with Gasteiger partial charge >= 0.3 is 27.5 Å². The molecule has 0 unspecified atom stereocenters. The fourth-order valence-electron chi connectivity index (χ4n) is 2.64. The maximum atomic E-state index is 10.2. The van der Waals surface area contributed by atoms with E-state index in [1.165, 1.54) is 106 Å². The minimum absolute atomic E-state index is 0.194. The zero-order valence-electron chi connectivity index (χ0n) is 17.7. The van der Waals surface area contributed by atoms with Crippen LogP contribution in [-0.2, 0) is 9.59 Å². The first-order valence-corrected chi connectivity index (χ1v) is 14.6. The van der Waals surface area contributed by atoms with Gasteiger partial charge in [0.05, 0.1) is 5.97 Å². The van der Waals surface area contributed by atoms with E-state index in [0.717, 1.165) is 12.8 Å². The van der Waals surface area contributed by atoms with Crippen molar-refractivity contribution in [3.8, 4) is 0 Å². The normalized spacial score (nSPS) is 9.56. The zero-order chi connectivity index (χ0) is 21.2. The number of thiol groups is 1. The number of carbonyl (C=O) groups excluding carboxylic acids is 2. The monoisotopic (exact) mass is 510 g/mol. The summed E-state index contributed by atoms with van der Waals surface area (Å²) in [6.45, 7) is 2.27. The molecule has 0 bridgehead atoms. The van der Waals surface area contributed by atoms with E-state index in [0.29, 0.717) is 0 Å². The van der Waals surface area contributed by atoms with Gasteiger partial charge in [0.2, 0.25) is 0 Å². The molecule has 0 aromatic heterocycles. The van der Waals surface area contributed by atoms with Gasteiger partial charge < -0.3 is 19.8 Å². The van der Waals surface area contributed by atoms with Crippen molar-refractivity contribution in [3.05, 3.63) is 0 Å². The third-order valence-electron chi connectivity index (χ3n) is 4.11. The second-order valence-electron chi connectivity index (χ2n) is 6.60. The number of carbonyl (C=O) groups is 2. The van der Waals surface area contributed by atoms with Gasteiger partial charge in [-0.1, -0.05) is 96.8 Å². The molecule has 4 nitrogen and oxygen atoms in total. The molecular formula is C21H42O4SSn. The first kappa shape index (κ1) is 31.8. The van der Waals surface area contributed by atoms with E-state index in [1.807, 2.05) is 0 Å². The Morgan fingerprint density at radius 3 is 1.11 bits per heavy atom. The molecule has 0 spiro atoms. The minimum atomic E-state index is -1.13. The van der Waals surface area contributed by atoms with Gasteiger partial charge in [0, 0.05) is 11.7 Å². The molecule has 0 N–H and O–H groups in total. The Bertz CT molecular complexity index is 302. The second kappa shape index (κ2) is 30.8. The molecule has 0 radical (unpaired) electrons. The first-order valence-electron chi connectivity index (χ1n) is 10.6. The van der Waals surface area contributed by atoms with E-state index in [2.05, 4.69) is 24.5 Å². The van der Waals surface area contributed by atoms with Crippen molar-refractivity contribution in [2.24, 2.45) is 0 Å². The van der Waals surface area contributed by atoms with Crippen LogP contribution in [0.5, 0.6) is 0 Å². The topological polar surface area (TPSA) is 80.3 Å². The van der Waals surface area contributed by atoms with Gasteiger partial charge in [0.25, 0.3) is 0 Å². The Labute approximate surface area is 186 Å². The van der Waals surface area contributed by atoms with Gasteiger partial charge in [-0.3, -0.25) is 0 Å². The molecule has 0 aromatic rings. The fourth-order valence-corrected chi connectivity index (χ4v) is 2.64. The van der Waals surface area contributed by atoms with Crippen LogP contribution in [0.25, 0.3) is 0 Å². The van der Waals surface area contributed by atoms with E-state index in [9.17, 15) is 19.8 Å². The summed E-state index contributed by atoms with van der Waals surface area (Å²) in [5, 5.41) is 19.4. The van der Waals surface area contributed by atoms with Crippen molar-refractivity contribution in [1.82, 2.24) is 0 Å². The summed E-state index contributed by atoms with van der Waals surface area (Å²) in [5.74, 6) is -2.23. The molecule has 27 heavy (non-hydrogen) atoms. The fraction of sp³-hybridized carbons (Fsp3) is 0.905. The van der Waals surface area contributed by atoms with Crippen LogP contribution in [0.1, 0.15) is 110 Å². The van der Waals surface area contributed by atoms with Crippen molar-refractivity contribution in [1.29, 1.82) is 0 Å². The third kappa shape index (κ3) is 41.5. The number of carboxylic acid groups (broad SMARTS) is 2. The van der Waals surface area contributed by atoms with Crippen molar-refractivity contribution >= 4 is 47.1 Å².